The highest BCUT2D eigenvalue weighted by Crippen LogP contribution is 2.36. The van der Waals surface area contributed by atoms with Gasteiger partial charge >= 0.3 is 0 Å². The lowest BCUT2D eigenvalue weighted by Gasteiger charge is -2.20. The van der Waals surface area contributed by atoms with Crippen LogP contribution in [0.5, 0.6) is 11.5 Å². The van der Waals surface area contributed by atoms with E-state index in [0.29, 0.717) is 34.6 Å². The van der Waals surface area contributed by atoms with Crippen molar-refractivity contribution in [1.82, 2.24) is 4.90 Å². The SMILES string of the molecule is CCN(Cc1ccccc1Cl)C(=O)/C=C/c1cc(Cl)c(OC)c(OC)c1. The van der Waals surface area contributed by atoms with Crippen molar-refractivity contribution in [3.63, 3.8) is 0 Å². The number of carbonyl (C=O) groups excluding carboxylic acids is 1. The van der Waals surface area contributed by atoms with Gasteiger partial charge in [-0.3, -0.25) is 4.79 Å². The van der Waals surface area contributed by atoms with Gasteiger partial charge in [-0.2, -0.15) is 0 Å². The standard InChI is InChI=1S/C20H21Cl2NO3/c1-4-23(13-15-7-5-6-8-16(15)21)19(24)10-9-14-11-17(22)20(26-3)18(12-14)25-2/h5-12H,4,13H2,1-3H3/b10-9+. The molecule has 0 spiro atoms. The molecule has 0 aliphatic heterocycles. The maximum atomic E-state index is 12.5. The minimum Gasteiger partial charge on any atom is -0.493 e. The number of rotatable bonds is 7. The van der Waals surface area contributed by atoms with E-state index in [1.165, 1.54) is 20.3 Å². The third-order valence-electron chi connectivity index (χ3n) is 3.89. The molecule has 0 unspecified atom stereocenters. The molecule has 0 heterocycles. The van der Waals surface area contributed by atoms with Gasteiger partial charge < -0.3 is 14.4 Å². The van der Waals surface area contributed by atoms with E-state index < -0.39 is 0 Å². The molecule has 0 saturated heterocycles. The summed E-state index contributed by atoms with van der Waals surface area (Å²) in [6, 6.07) is 11.0. The molecule has 0 saturated carbocycles. The van der Waals surface area contributed by atoms with E-state index in [9.17, 15) is 4.79 Å². The van der Waals surface area contributed by atoms with Gasteiger partial charge in [0.2, 0.25) is 5.91 Å². The predicted molar refractivity (Wildman–Crippen MR) is 106 cm³/mol. The molecule has 0 aliphatic rings. The first-order valence-electron chi connectivity index (χ1n) is 8.12. The molecule has 138 valence electrons. The molecule has 0 radical (unpaired) electrons. The number of hydrogen-bond acceptors (Lipinski definition) is 3. The van der Waals surface area contributed by atoms with E-state index >= 15 is 0 Å². The van der Waals surface area contributed by atoms with E-state index in [1.807, 2.05) is 31.2 Å². The van der Waals surface area contributed by atoms with Crippen molar-refractivity contribution in [2.45, 2.75) is 13.5 Å². The largest absolute Gasteiger partial charge is 0.493 e. The van der Waals surface area contributed by atoms with Crippen LogP contribution >= 0.6 is 23.2 Å². The van der Waals surface area contributed by atoms with E-state index in [0.717, 1.165) is 11.1 Å². The highest BCUT2D eigenvalue weighted by atomic mass is 35.5. The zero-order valence-corrected chi connectivity index (χ0v) is 16.5. The summed E-state index contributed by atoms with van der Waals surface area (Å²) in [5.41, 5.74) is 1.65. The maximum Gasteiger partial charge on any atom is 0.246 e. The van der Waals surface area contributed by atoms with Crippen LogP contribution in [0.3, 0.4) is 0 Å². The normalized spacial score (nSPS) is 10.8. The van der Waals surface area contributed by atoms with Crippen molar-refractivity contribution in [1.29, 1.82) is 0 Å². The molecule has 2 aromatic rings. The summed E-state index contributed by atoms with van der Waals surface area (Å²) in [4.78, 5) is 14.2. The summed E-state index contributed by atoms with van der Waals surface area (Å²) >= 11 is 12.4. The summed E-state index contributed by atoms with van der Waals surface area (Å²) in [5, 5.41) is 1.07. The zero-order valence-electron chi connectivity index (χ0n) is 15.0. The molecule has 0 atom stereocenters. The number of amides is 1. The van der Waals surface area contributed by atoms with Crippen LogP contribution in [0.25, 0.3) is 6.08 Å². The van der Waals surface area contributed by atoms with Gasteiger partial charge in [-0.1, -0.05) is 41.4 Å². The lowest BCUT2D eigenvalue weighted by Crippen LogP contribution is -2.28. The summed E-state index contributed by atoms with van der Waals surface area (Å²) in [7, 11) is 3.06. The molecule has 26 heavy (non-hydrogen) atoms. The van der Waals surface area contributed by atoms with Crippen molar-refractivity contribution >= 4 is 35.2 Å². The number of halogens is 2. The number of methoxy groups -OCH3 is 2. The van der Waals surface area contributed by atoms with Crippen LogP contribution in [0.1, 0.15) is 18.1 Å². The second-order valence-electron chi connectivity index (χ2n) is 5.52. The topological polar surface area (TPSA) is 38.8 Å². The Bertz CT molecular complexity index is 806. The number of ether oxygens (including phenoxy) is 2. The Kier molecular flexibility index (Phi) is 7.37. The van der Waals surface area contributed by atoms with Crippen LogP contribution in [0.15, 0.2) is 42.5 Å². The van der Waals surface area contributed by atoms with Crippen LogP contribution < -0.4 is 9.47 Å². The average Bonchev–Trinajstić information content (AvgIpc) is 2.64. The van der Waals surface area contributed by atoms with Crippen LogP contribution in [-0.4, -0.2) is 31.6 Å². The number of likely N-dealkylation sites (N-methyl/N-ethyl adjacent to an activating group) is 1. The molecule has 2 aromatic carbocycles. The molecule has 2 rings (SSSR count). The lowest BCUT2D eigenvalue weighted by molar-refractivity contribution is -0.126. The van der Waals surface area contributed by atoms with Crippen molar-refractivity contribution in [2.24, 2.45) is 0 Å². The van der Waals surface area contributed by atoms with Gasteiger partial charge in [0, 0.05) is 24.2 Å². The van der Waals surface area contributed by atoms with Crippen LogP contribution in [0, 0.1) is 0 Å². The molecule has 0 aromatic heterocycles. The van der Waals surface area contributed by atoms with E-state index in [2.05, 4.69) is 0 Å². The molecule has 4 nitrogen and oxygen atoms in total. The predicted octanol–water partition coefficient (Wildman–Crippen LogP) is 5.07. The third-order valence-corrected chi connectivity index (χ3v) is 4.54. The first-order valence-corrected chi connectivity index (χ1v) is 8.87. The second kappa shape index (κ2) is 9.51. The van der Waals surface area contributed by atoms with Crippen LogP contribution in [0.4, 0.5) is 0 Å². The minimum atomic E-state index is -0.113. The Labute approximate surface area is 163 Å². The van der Waals surface area contributed by atoms with E-state index in [1.54, 1.807) is 23.1 Å². The first kappa shape index (κ1) is 20.1. The van der Waals surface area contributed by atoms with E-state index in [4.69, 9.17) is 32.7 Å². The summed E-state index contributed by atoms with van der Waals surface area (Å²) in [6.07, 6.45) is 3.21. The Morgan fingerprint density at radius 1 is 1.12 bits per heavy atom. The average molecular weight is 394 g/mol. The van der Waals surface area contributed by atoms with Gasteiger partial charge in [0.15, 0.2) is 11.5 Å². The van der Waals surface area contributed by atoms with Crippen molar-refractivity contribution in [3.05, 3.63) is 63.6 Å². The molecule has 0 aliphatic carbocycles. The molecule has 6 heteroatoms. The smallest absolute Gasteiger partial charge is 0.246 e. The van der Waals surface area contributed by atoms with Crippen molar-refractivity contribution in [3.8, 4) is 11.5 Å². The Hall–Kier alpha value is -2.17. The number of benzene rings is 2. The fourth-order valence-electron chi connectivity index (χ4n) is 2.48. The van der Waals surface area contributed by atoms with E-state index in [-0.39, 0.29) is 5.91 Å². The lowest BCUT2D eigenvalue weighted by atomic mass is 10.1. The molecule has 0 fully saturated rings. The first-order chi connectivity index (χ1) is 12.5. The fraction of sp³-hybridized carbons (Fsp3) is 0.250. The fourth-order valence-corrected chi connectivity index (χ4v) is 2.98. The van der Waals surface area contributed by atoms with Crippen molar-refractivity contribution < 1.29 is 14.3 Å². The summed E-state index contributed by atoms with van der Waals surface area (Å²) < 4.78 is 10.5. The maximum absolute atomic E-state index is 12.5. The molecular weight excluding hydrogens is 373 g/mol. The van der Waals surface area contributed by atoms with Gasteiger partial charge in [0.25, 0.3) is 0 Å². The number of nitrogens with zero attached hydrogens (tertiary/aromatic N) is 1. The monoisotopic (exact) mass is 393 g/mol. The van der Waals surface area contributed by atoms with Crippen LogP contribution in [0.2, 0.25) is 10.0 Å². The summed E-state index contributed by atoms with van der Waals surface area (Å²) in [6.45, 7) is 2.95. The second-order valence-corrected chi connectivity index (χ2v) is 6.33. The molecular formula is C20H21Cl2NO3. The van der Waals surface area contributed by atoms with Gasteiger partial charge in [-0.25, -0.2) is 0 Å². The number of hydrogen-bond donors (Lipinski definition) is 0. The third kappa shape index (κ3) is 4.93. The van der Waals surface area contributed by atoms with Gasteiger partial charge in [-0.15, -0.1) is 0 Å². The Morgan fingerprint density at radius 2 is 1.85 bits per heavy atom. The van der Waals surface area contributed by atoms with Crippen molar-refractivity contribution in [2.75, 3.05) is 20.8 Å². The van der Waals surface area contributed by atoms with Gasteiger partial charge in [-0.05, 0) is 42.3 Å². The van der Waals surface area contributed by atoms with Gasteiger partial charge in [0.05, 0.1) is 19.2 Å². The minimum absolute atomic E-state index is 0.113. The highest BCUT2D eigenvalue weighted by molar-refractivity contribution is 6.32. The number of carbonyl (C=O) groups is 1. The highest BCUT2D eigenvalue weighted by Gasteiger charge is 2.12. The molecule has 1 amide bonds. The summed E-state index contributed by atoms with van der Waals surface area (Å²) in [5.74, 6) is 0.861. The molecule has 0 N–H and O–H groups in total. The molecule has 0 bridgehead atoms. The van der Waals surface area contributed by atoms with Gasteiger partial charge in [0.1, 0.15) is 0 Å². The van der Waals surface area contributed by atoms with Crippen LogP contribution in [-0.2, 0) is 11.3 Å². The Balaban J connectivity index is 2.17. The zero-order chi connectivity index (χ0) is 19.1. The Morgan fingerprint density at radius 3 is 2.46 bits per heavy atom. The quantitative estimate of drug-likeness (QED) is 0.616.